The molecule has 0 saturated carbocycles. The highest BCUT2D eigenvalue weighted by atomic mass is 35.5. The molecule has 0 radical (unpaired) electrons. The van der Waals surface area contributed by atoms with Crippen LogP contribution in [-0.4, -0.2) is 43.2 Å². The van der Waals surface area contributed by atoms with Gasteiger partial charge in [-0.25, -0.2) is 4.98 Å². The lowest BCUT2D eigenvalue weighted by Gasteiger charge is -2.35. The fraction of sp³-hybridized carbons (Fsp3) is 0.667. The van der Waals surface area contributed by atoms with Crippen LogP contribution in [0.4, 0.5) is 0 Å². The van der Waals surface area contributed by atoms with Crippen molar-refractivity contribution in [3.63, 3.8) is 0 Å². The van der Waals surface area contributed by atoms with Crippen LogP contribution in [0.15, 0.2) is 18.3 Å². The molecular formula is C15H27Cl2N3O. The molecule has 1 aliphatic heterocycles. The van der Waals surface area contributed by atoms with Crippen LogP contribution in [0.25, 0.3) is 0 Å². The highest BCUT2D eigenvalue weighted by molar-refractivity contribution is 5.85. The Kier molecular flexibility index (Phi) is 10.8. The number of nitrogens with zero attached hydrogens (tertiary/aromatic N) is 2. The second-order valence-corrected chi connectivity index (χ2v) is 5.08. The normalized spacial score (nSPS) is 16.5. The number of ether oxygens (including phenoxy) is 1. The summed E-state index contributed by atoms with van der Waals surface area (Å²) in [5, 5.41) is 3.42. The van der Waals surface area contributed by atoms with Crippen LogP contribution in [0.1, 0.15) is 37.8 Å². The number of pyridine rings is 1. The van der Waals surface area contributed by atoms with Crippen molar-refractivity contribution in [2.45, 2.75) is 32.2 Å². The first-order chi connectivity index (χ1) is 9.35. The first-order valence-corrected chi connectivity index (χ1v) is 7.30. The summed E-state index contributed by atoms with van der Waals surface area (Å²) in [6.45, 7) is 6.68. The van der Waals surface area contributed by atoms with Crippen molar-refractivity contribution in [3.05, 3.63) is 23.9 Å². The SMILES string of the molecule is CCCC[C@@H](c1ccc(OC)nc1)N1CCNCC1.Cl.Cl. The zero-order chi connectivity index (χ0) is 13.5. The molecule has 1 N–H and O–H groups in total. The van der Waals surface area contributed by atoms with Gasteiger partial charge < -0.3 is 10.1 Å². The van der Waals surface area contributed by atoms with Crippen LogP contribution >= 0.6 is 24.8 Å². The monoisotopic (exact) mass is 335 g/mol. The lowest BCUT2D eigenvalue weighted by atomic mass is 10.0. The predicted octanol–water partition coefficient (Wildman–Crippen LogP) is 3.07. The summed E-state index contributed by atoms with van der Waals surface area (Å²) >= 11 is 0. The van der Waals surface area contributed by atoms with E-state index >= 15 is 0 Å². The number of hydrogen-bond donors (Lipinski definition) is 1. The molecule has 0 spiro atoms. The first kappa shape index (κ1) is 20.5. The average molecular weight is 336 g/mol. The number of hydrogen-bond acceptors (Lipinski definition) is 4. The van der Waals surface area contributed by atoms with Gasteiger partial charge in [0.25, 0.3) is 0 Å². The van der Waals surface area contributed by atoms with Gasteiger partial charge in [0.2, 0.25) is 5.88 Å². The molecule has 0 unspecified atom stereocenters. The van der Waals surface area contributed by atoms with E-state index in [0.717, 1.165) is 26.2 Å². The number of methoxy groups -OCH3 is 1. The molecule has 1 fully saturated rings. The second kappa shape index (κ2) is 11.1. The summed E-state index contributed by atoms with van der Waals surface area (Å²) in [6.07, 6.45) is 5.69. The Hall–Kier alpha value is -0.550. The van der Waals surface area contributed by atoms with E-state index < -0.39 is 0 Å². The Labute approximate surface area is 140 Å². The van der Waals surface area contributed by atoms with Gasteiger partial charge >= 0.3 is 0 Å². The van der Waals surface area contributed by atoms with Gasteiger partial charge in [0.05, 0.1) is 7.11 Å². The Bertz CT molecular complexity index is 370. The van der Waals surface area contributed by atoms with E-state index in [1.807, 2.05) is 12.3 Å². The van der Waals surface area contributed by atoms with Crippen molar-refractivity contribution in [3.8, 4) is 5.88 Å². The molecule has 1 aliphatic rings. The molecule has 0 aliphatic carbocycles. The lowest BCUT2D eigenvalue weighted by molar-refractivity contribution is 0.163. The molecule has 21 heavy (non-hydrogen) atoms. The van der Waals surface area contributed by atoms with Crippen LogP contribution in [-0.2, 0) is 0 Å². The zero-order valence-corrected chi connectivity index (χ0v) is 14.5. The van der Waals surface area contributed by atoms with Gasteiger partial charge in [-0.15, -0.1) is 24.8 Å². The summed E-state index contributed by atoms with van der Waals surface area (Å²) in [4.78, 5) is 6.94. The molecule has 6 heteroatoms. The number of rotatable bonds is 6. The number of halogens is 2. The highest BCUT2D eigenvalue weighted by Crippen LogP contribution is 2.27. The average Bonchev–Trinajstić information content (AvgIpc) is 2.49. The third-order valence-electron chi connectivity index (χ3n) is 3.78. The van der Waals surface area contributed by atoms with Crippen LogP contribution in [0, 0.1) is 0 Å². The molecule has 1 atom stereocenters. The fourth-order valence-electron chi connectivity index (χ4n) is 2.66. The van der Waals surface area contributed by atoms with E-state index in [-0.39, 0.29) is 24.8 Å². The Morgan fingerprint density at radius 1 is 1.29 bits per heavy atom. The maximum absolute atomic E-state index is 5.14. The van der Waals surface area contributed by atoms with Crippen LogP contribution in [0.3, 0.4) is 0 Å². The minimum atomic E-state index is 0. The van der Waals surface area contributed by atoms with Crippen molar-refractivity contribution in [1.82, 2.24) is 15.2 Å². The van der Waals surface area contributed by atoms with E-state index in [1.165, 1.54) is 24.8 Å². The smallest absolute Gasteiger partial charge is 0.212 e. The first-order valence-electron chi connectivity index (χ1n) is 7.30. The topological polar surface area (TPSA) is 37.4 Å². The molecule has 2 rings (SSSR count). The largest absolute Gasteiger partial charge is 0.481 e. The molecule has 122 valence electrons. The maximum Gasteiger partial charge on any atom is 0.212 e. The van der Waals surface area contributed by atoms with E-state index in [9.17, 15) is 0 Å². The van der Waals surface area contributed by atoms with Gasteiger partial charge in [-0.05, 0) is 12.0 Å². The van der Waals surface area contributed by atoms with Crippen molar-refractivity contribution < 1.29 is 4.74 Å². The summed E-state index contributed by atoms with van der Waals surface area (Å²) in [7, 11) is 1.66. The Morgan fingerprint density at radius 3 is 2.52 bits per heavy atom. The molecule has 0 aromatic carbocycles. The van der Waals surface area contributed by atoms with Gasteiger partial charge in [-0.2, -0.15) is 0 Å². The van der Waals surface area contributed by atoms with E-state index in [0.29, 0.717) is 11.9 Å². The van der Waals surface area contributed by atoms with E-state index in [1.54, 1.807) is 7.11 Å². The molecule has 0 bridgehead atoms. The number of aromatic nitrogens is 1. The predicted molar refractivity (Wildman–Crippen MR) is 92.0 cm³/mol. The minimum Gasteiger partial charge on any atom is -0.481 e. The third kappa shape index (κ3) is 5.99. The standard InChI is InChI=1S/C15H25N3O.2ClH/c1-3-4-5-14(18-10-8-16-9-11-18)13-6-7-15(19-2)17-12-13;;/h6-7,12,14,16H,3-5,8-11H2,1-2H3;2*1H/t14-;;/m0../s1. The van der Waals surface area contributed by atoms with Gasteiger partial charge in [-0.3, -0.25) is 4.90 Å². The second-order valence-electron chi connectivity index (χ2n) is 5.08. The van der Waals surface area contributed by atoms with Gasteiger partial charge in [0.1, 0.15) is 0 Å². The number of piperazine rings is 1. The van der Waals surface area contributed by atoms with Gasteiger partial charge in [-0.1, -0.05) is 25.8 Å². The molecule has 2 heterocycles. The van der Waals surface area contributed by atoms with Crippen molar-refractivity contribution in [1.29, 1.82) is 0 Å². The fourth-order valence-corrected chi connectivity index (χ4v) is 2.66. The van der Waals surface area contributed by atoms with Gasteiger partial charge in [0.15, 0.2) is 0 Å². The molecular weight excluding hydrogens is 309 g/mol. The Morgan fingerprint density at radius 2 is 2.00 bits per heavy atom. The summed E-state index contributed by atoms with van der Waals surface area (Å²) in [6, 6.07) is 4.63. The van der Waals surface area contributed by atoms with Crippen LogP contribution in [0.2, 0.25) is 0 Å². The van der Waals surface area contributed by atoms with Crippen molar-refractivity contribution in [2.24, 2.45) is 0 Å². The lowest BCUT2D eigenvalue weighted by Crippen LogP contribution is -2.45. The quantitative estimate of drug-likeness (QED) is 0.866. The maximum atomic E-state index is 5.14. The summed E-state index contributed by atoms with van der Waals surface area (Å²) in [5.74, 6) is 0.693. The number of unbranched alkanes of at least 4 members (excludes halogenated alkanes) is 1. The van der Waals surface area contributed by atoms with E-state index in [2.05, 4.69) is 28.2 Å². The molecule has 4 nitrogen and oxygen atoms in total. The van der Waals surface area contributed by atoms with E-state index in [4.69, 9.17) is 4.74 Å². The Balaban J connectivity index is 0.00000200. The summed E-state index contributed by atoms with van der Waals surface area (Å²) < 4.78 is 5.14. The highest BCUT2D eigenvalue weighted by Gasteiger charge is 2.21. The minimum absolute atomic E-state index is 0. The molecule has 0 amide bonds. The number of nitrogens with one attached hydrogen (secondary N) is 1. The summed E-state index contributed by atoms with van der Waals surface area (Å²) in [5.41, 5.74) is 1.32. The third-order valence-corrected chi connectivity index (χ3v) is 3.78. The molecule has 1 aromatic heterocycles. The molecule has 1 aromatic rings. The van der Waals surface area contributed by atoms with Crippen LogP contribution in [0.5, 0.6) is 5.88 Å². The zero-order valence-electron chi connectivity index (χ0n) is 12.9. The van der Waals surface area contributed by atoms with Crippen molar-refractivity contribution >= 4 is 24.8 Å². The van der Waals surface area contributed by atoms with Crippen molar-refractivity contribution in [2.75, 3.05) is 33.3 Å². The van der Waals surface area contributed by atoms with Gasteiger partial charge in [0, 0.05) is 44.5 Å². The molecule has 1 saturated heterocycles. The van der Waals surface area contributed by atoms with Crippen LogP contribution < -0.4 is 10.1 Å².